The van der Waals surface area contributed by atoms with Crippen molar-refractivity contribution in [2.75, 3.05) is 18.4 Å². The van der Waals surface area contributed by atoms with Gasteiger partial charge in [0, 0.05) is 22.9 Å². The minimum absolute atomic E-state index is 0.00653. The Labute approximate surface area is 164 Å². The summed E-state index contributed by atoms with van der Waals surface area (Å²) >= 11 is 7.49. The average Bonchev–Trinajstić information content (AvgIpc) is 2.95. The van der Waals surface area contributed by atoms with E-state index in [0.29, 0.717) is 23.0 Å². The zero-order valence-corrected chi connectivity index (χ0v) is 17.0. The number of thiazole rings is 1. The normalized spacial score (nSPS) is 16.0. The Bertz CT molecular complexity index is 736. The first-order chi connectivity index (χ1) is 12.5. The number of rotatable bonds is 6. The van der Waals surface area contributed by atoms with Crippen molar-refractivity contribution in [3.05, 3.63) is 45.4 Å². The number of carbonyl (C=O) groups is 1. The van der Waals surface area contributed by atoms with Crippen LogP contribution in [0.2, 0.25) is 5.02 Å². The lowest BCUT2D eigenvalue weighted by Crippen LogP contribution is -2.32. The summed E-state index contributed by atoms with van der Waals surface area (Å²) in [5.74, 6) is 0.844. The summed E-state index contributed by atoms with van der Waals surface area (Å²) in [6, 6.07) is 7.63. The van der Waals surface area contributed by atoms with E-state index >= 15 is 0 Å². The number of aryl methyl sites for hydroxylation is 2. The lowest BCUT2D eigenvalue weighted by Gasteiger charge is -2.29. The van der Waals surface area contributed by atoms with Crippen molar-refractivity contribution in [1.29, 1.82) is 0 Å². The molecule has 1 aromatic carbocycles. The van der Waals surface area contributed by atoms with Crippen LogP contribution in [-0.4, -0.2) is 28.9 Å². The molecule has 0 radical (unpaired) electrons. The molecular weight excluding hydrogens is 366 g/mol. The van der Waals surface area contributed by atoms with Gasteiger partial charge in [0.1, 0.15) is 0 Å². The molecule has 6 heteroatoms. The smallest absolute Gasteiger partial charge is 0.226 e. The molecule has 0 atom stereocenters. The number of anilines is 1. The van der Waals surface area contributed by atoms with Gasteiger partial charge in [-0.05, 0) is 62.9 Å². The van der Waals surface area contributed by atoms with Crippen molar-refractivity contribution < 1.29 is 4.79 Å². The number of benzene rings is 1. The third-order valence-electron chi connectivity index (χ3n) is 4.94. The van der Waals surface area contributed by atoms with E-state index in [1.54, 1.807) is 11.3 Å². The SMILES string of the molecule is Cc1nc(NC(=O)CCc2ccc(Cl)cc2)sc1CN1CCC(C)CC1. The second-order valence-electron chi connectivity index (χ2n) is 7.16. The first kappa shape index (κ1) is 19.3. The quantitative estimate of drug-likeness (QED) is 0.761. The van der Waals surface area contributed by atoms with Gasteiger partial charge in [0.05, 0.1) is 5.69 Å². The van der Waals surface area contributed by atoms with Crippen LogP contribution in [0.25, 0.3) is 0 Å². The van der Waals surface area contributed by atoms with E-state index in [0.717, 1.165) is 36.8 Å². The number of piperidine rings is 1. The number of amides is 1. The molecule has 2 aromatic rings. The van der Waals surface area contributed by atoms with Gasteiger partial charge in [-0.1, -0.05) is 30.7 Å². The van der Waals surface area contributed by atoms with Crippen molar-refractivity contribution in [1.82, 2.24) is 9.88 Å². The van der Waals surface area contributed by atoms with Crippen molar-refractivity contribution >= 4 is 34.0 Å². The summed E-state index contributed by atoms with van der Waals surface area (Å²) < 4.78 is 0. The van der Waals surface area contributed by atoms with Crippen LogP contribution in [0.3, 0.4) is 0 Å². The topological polar surface area (TPSA) is 45.2 Å². The van der Waals surface area contributed by atoms with E-state index in [1.165, 1.54) is 17.7 Å². The molecule has 1 aliphatic heterocycles. The molecule has 0 unspecified atom stereocenters. The number of carbonyl (C=O) groups excluding carboxylic acids is 1. The van der Waals surface area contributed by atoms with Crippen molar-refractivity contribution in [2.45, 2.75) is 46.1 Å². The van der Waals surface area contributed by atoms with E-state index < -0.39 is 0 Å². The summed E-state index contributed by atoms with van der Waals surface area (Å²) in [5, 5.41) is 4.38. The van der Waals surface area contributed by atoms with Gasteiger partial charge in [-0.3, -0.25) is 9.69 Å². The molecular formula is C20H26ClN3OS. The molecule has 26 heavy (non-hydrogen) atoms. The monoisotopic (exact) mass is 391 g/mol. The van der Waals surface area contributed by atoms with Crippen LogP contribution >= 0.6 is 22.9 Å². The summed E-state index contributed by atoms with van der Waals surface area (Å²) in [6.07, 6.45) is 3.68. The Morgan fingerprint density at radius 1 is 1.31 bits per heavy atom. The van der Waals surface area contributed by atoms with Gasteiger partial charge < -0.3 is 5.32 Å². The zero-order chi connectivity index (χ0) is 18.5. The summed E-state index contributed by atoms with van der Waals surface area (Å²) in [4.78, 5) is 20.5. The van der Waals surface area contributed by atoms with Crippen LogP contribution in [0.4, 0.5) is 5.13 Å². The number of halogens is 1. The Balaban J connectivity index is 1.50. The predicted molar refractivity (Wildman–Crippen MR) is 109 cm³/mol. The maximum atomic E-state index is 12.2. The van der Waals surface area contributed by atoms with Crippen LogP contribution < -0.4 is 5.32 Å². The molecule has 0 spiro atoms. The minimum Gasteiger partial charge on any atom is -0.302 e. The largest absolute Gasteiger partial charge is 0.302 e. The van der Waals surface area contributed by atoms with Crippen molar-refractivity contribution in [2.24, 2.45) is 5.92 Å². The van der Waals surface area contributed by atoms with Crippen LogP contribution in [0, 0.1) is 12.8 Å². The van der Waals surface area contributed by atoms with Gasteiger partial charge in [0.15, 0.2) is 5.13 Å². The second kappa shape index (κ2) is 8.98. The molecule has 1 fully saturated rings. The van der Waals surface area contributed by atoms with Gasteiger partial charge in [-0.2, -0.15) is 0 Å². The van der Waals surface area contributed by atoms with Gasteiger partial charge in [-0.15, -0.1) is 11.3 Å². The third-order valence-corrected chi connectivity index (χ3v) is 6.25. The average molecular weight is 392 g/mol. The highest BCUT2D eigenvalue weighted by molar-refractivity contribution is 7.15. The van der Waals surface area contributed by atoms with Crippen LogP contribution in [-0.2, 0) is 17.8 Å². The van der Waals surface area contributed by atoms with Gasteiger partial charge in [0.2, 0.25) is 5.91 Å². The number of nitrogens with zero attached hydrogens (tertiary/aromatic N) is 2. The van der Waals surface area contributed by atoms with E-state index in [2.05, 4.69) is 22.1 Å². The highest BCUT2D eigenvalue weighted by Crippen LogP contribution is 2.26. The van der Waals surface area contributed by atoms with Gasteiger partial charge in [0.25, 0.3) is 0 Å². The Morgan fingerprint density at radius 3 is 2.69 bits per heavy atom. The third kappa shape index (κ3) is 5.53. The summed E-state index contributed by atoms with van der Waals surface area (Å²) in [5.41, 5.74) is 2.14. The lowest BCUT2D eigenvalue weighted by molar-refractivity contribution is -0.116. The van der Waals surface area contributed by atoms with E-state index in [-0.39, 0.29) is 5.91 Å². The number of aromatic nitrogens is 1. The summed E-state index contributed by atoms with van der Waals surface area (Å²) in [7, 11) is 0. The molecule has 2 heterocycles. The van der Waals surface area contributed by atoms with Crippen LogP contribution in [0.5, 0.6) is 0 Å². The fourth-order valence-electron chi connectivity index (χ4n) is 3.14. The molecule has 1 saturated heterocycles. The molecule has 0 aliphatic carbocycles. The number of hydrogen-bond acceptors (Lipinski definition) is 4. The first-order valence-corrected chi connectivity index (χ1v) is 10.4. The van der Waals surface area contributed by atoms with Crippen LogP contribution in [0.15, 0.2) is 24.3 Å². The molecule has 0 bridgehead atoms. The molecule has 3 rings (SSSR count). The highest BCUT2D eigenvalue weighted by Gasteiger charge is 2.18. The maximum absolute atomic E-state index is 12.2. The molecule has 1 N–H and O–H groups in total. The summed E-state index contributed by atoms with van der Waals surface area (Å²) in [6.45, 7) is 7.61. The van der Waals surface area contributed by atoms with E-state index in [9.17, 15) is 4.79 Å². The van der Waals surface area contributed by atoms with Gasteiger partial charge in [-0.25, -0.2) is 4.98 Å². The molecule has 1 amide bonds. The number of likely N-dealkylation sites (tertiary alicyclic amines) is 1. The molecule has 1 aliphatic rings. The predicted octanol–water partition coefficient (Wildman–Crippen LogP) is 4.91. The minimum atomic E-state index is 0.00653. The molecule has 1 aromatic heterocycles. The zero-order valence-electron chi connectivity index (χ0n) is 15.4. The Hall–Kier alpha value is -1.43. The maximum Gasteiger partial charge on any atom is 0.226 e. The molecule has 140 valence electrons. The first-order valence-electron chi connectivity index (χ1n) is 9.22. The van der Waals surface area contributed by atoms with Crippen molar-refractivity contribution in [3.8, 4) is 0 Å². The second-order valence-corrected chi connectivity index (χ2v) is 8.68. The van der Waals surface area contributed by atoms with E-state index in [4.69, 9.17) is 11.6 Å². The fourth-order valence-corrected chi connectivity index (χ4v) is 4.29. The Morgan fingerprint density at radius 2 is 2.00 bits per heavy atom. The number of hydrogen-bond donors (Lipinski definition) is 1. The molecule has 4 nitrogen and oxygen atoms in total. The van der Waals surface area contributed by atoms with Gasteiger partial charge >= 0.3 is 0 Å². The number of nitrogens with one attached hydrogen (secondary N) is 1. The Kier molecular flexibility index (Phi) is 6.68. The van der Waals surface area contributed by atoms with E-state index in [1.807, 2.05) is 31.2 Å². The lowest BCUT2D eigenvalue weighted by atomic mass is 9.99. The van der Waals surface area contributed by atoms with Crippen molar-refractivity contribution in [3.63, 3.8) is 0 Å². The fraction of sp³-hybridized carbons (Fsp3) is 0.500. The molecule has 0 saturated carbocycles. The standard InChI is InChI=1S/C20H26ClN3OS/c1-14-9-11-24(12-10-14)13-18-15(2)22-20(26-18)23-19(25)8-5-16-3-6-17(21)7-4-16/h3-4,6-7,14H,5,8-13H2,1-2H3,(H,22,23,25). The van der Waals surface area contributed by atoms with Crippen LogP contribution in [0.1, 0.15) is 42.3 Å². The highest BCUT2D eigenvalue weighted by atomic mass is 35.5.